The second-order valence-electron chi connectivity index (χ2n) is 5.11. The highest BCUT2D eigenvalue weighted by atomic mass is 35.5. The number of thiocarbonyl (C=S) groups is 1. The first-order chi connectivity index (χ1) is 9.11. The Balaban J connectivity index is 2.21. The molecule has 0 saturated heterocycles. The van der Waals surface area contributed by atoms with Gasteiger partial charge in [-0.15, -0.1) is 0 Å². The monoisotopic (exact) mass is 297 g/mol. The van der Waals surface area contributed by atoms with Gasteiger partial charge in [-0.3, -0.25) is 0 Å². The van der Waals surface area contributed by atoms with Crippen LogP contribution in [0.3, 0.4) is 0 Å². The van der Waals surface area contributed by atoms with E-state index in [2.05, 4.69) is 6.92 Å². The van der Waals surface area contributed by atoms with Crippen LogP contribution in [0.1, 0.15) is 44.6 Å². The van der Waals surface area contributed by atoms with Gasteiger partial charge in [-0.05, 0) is 49.8 Å². The first-order valence-corrected chi connectivity index (χ1v) is 7.66. The highest BCUT2D eigenvalue weighted by molar-refractivity contribution is 7.80. The molecule has 1 aromatic rings. The second-order valence-corrected chi connectivity index (χ2v) is 5.99. The highest BCUT2D eigenvalue weighted by Crippen LogP contribution is 2.32. The van der Waals surface area contributed by atoms with E-state index in [1.807, 2.05) is 12.1 Å². The van der Waals surface area contributed by atoms with Crippen LogP contribution in [-0.4, -0.2) is 11.1 Å². The standard InChI is InChI=1S/C15H20ClNOS/c1-2-10-5-3-4-6-13(10)18-14-9-11(16)7-8-12(14)15(17)19/h7-10,13H,2-6H2,1H3,(H2,17,19). The van der Waals surface area contributed by atoms with E-state index >= 15 is 0 Å². The Labute approximate surface area is 125 Å². The topological polar surface area (TPSA) is 35.2 Å². The number of hydrogen-bond acceptors (Lipinski definition) is 2. The SMILES string of the molecule is CCC1CCCCC1Oc1cc(Cl)ccc1C(N)=S. The zero-order valence-corrected chi connectivity index (χ0v) is 12.8. The van der Waals surface area contributed by atoms with Crippen LogP contribution in [0, 0.1) is 5.92 Å². The summed E-state index contributed by atoms with van der Waals surface area (Å²) in [6.07, 6.45) is 6.27. The molecule has 0 amide bonds. The number of hydrogen-bond donors (Lipinski definition) is 1. The van der Waals surface area contributed by atoms with Crippen molar-refractivity contribution >= 4 is 28.8 Å². The molecule has 0 aromatic heterocycles. The van der Waals surface area contributed by atoms with E-state index in [0.717, 1.165) is 24.2 Å². The molecular weight excluding hydrogens is 278 g/mol. The fraction of sp³-hybridized carbons (Fsp3) is 0.533. The van der Waals surface area contributed by atoms with Crippen LogP contribution in [0.15, 0.2) is 18.2 Å². The molecule has 1 aliphatic carbocycles. The minimum absolute atomic E-state index is 0.255. The maximum Gasteiger partial charge on any atom is 0.131 e. The van der Waals surface area contributed by atoms with E-state index in [4.69, 9.17) is 34.3 Å². The van der Waals surface area contributed by atoms with Crippen molar-refractivity contribution < 1.29 is 4.74 Å². The molecule has 19 heavy (non-hydrogen) atoms. The van der Waals surface area contributed by atoms with Crippen molar-refractivity contribution in [2.75, 3.05) is 0 Å². The van der Waals surface area contributed by atoms with Crippen molar-refractivity contribution in [1.29, 1.82) is 0 Å². The van der Waals surface area contributed by atoms with Crippen LogP contribution in [0.25, 0.3) is 0 Å². The molecule has 0 aliphatic heterocycles. The Morgan fingerprint density at radius 2 is 2.16 bits per heavy atom. The van der Waals surface area contributed by atoms with Gasteiger partial charge in [-0.25, -0.2) is 0 Å². The van der Waals surface area contributed by atoms with E-state index in [0.29, 0.717) is 15.9 Å². The third kappa shape index (κ3) is 3.61. The molecule has 0 bridgehead atoms. The Morgan fingerprint density at radius 3 is 2.84 bits per heavy atom. The molecule has 1 aromatic carbocycles. The first-order valence-electron chi connectivity index (χ1n) is 6.87. The van der Waals surface area contributed by atoms with Crippen molar-refractivity contribution in [2.45, 2.75) is 45.1 Å². The van der Waals surface area contributed by atoms with Crippen LogP contribution in [0.4, 0.5) is 0 Å². The van der Waals surface area contributed by atoms with Gasteiger partial charge in [0.25, 0.3) is 0 Å². The number of rotatable bonds is 4. The maximum atomic E-state index is 6.18. The maximum absolute atomic E-state index is 6.18. The lowest BCUT2D eigenvalue weighted by Crippen LogP contribution is -2.30. The number of nitrogens with two attached hydrogens (primary N) is 1. The van der Waals surface area contributed by atoms with Crippen LogP contribution >= 0.6 is 23.8 Å². The molecule has 0 heterocycles. The van der Waals surface area contributed by atoms with Gasteiger partial charge in [0.2, 0.25) is 0 Å². The van der Waals surface area contributed by atoms with Gasteiger partial charge >= 0.3 is 0 Å². The molecule has 1 aliphatic rings. The molecule has 1 saturated carbocycles. The molecule has 0 spiro atoms. The molecular formula is C15H20ClNOS. The van der Waals surface area contributed by atoms with Crippen molar-refractivity contribution in [3.8, 4) is 5.75 Å². The van der Waals surface area contributed by atoms with Crippen molar-refractivity contribution in [2.24, 2.45) is 11.7 Å². The van der Waals surface area contributed by atoms with Crippen LogP contribution in [0.5, 0.6) is 5.75 Å². The predicted octanol–water partition coefficient (Wildman–Crippen LogP) is 4.32. The predicted molar refractivity (Wildman–Crippen MR) is 84.0 cm³/mol. The lowest BCUT2D eigenvalue weighted by Gasteiger charge is -2.31. The molecule has 2 atom stereocenters. The molecule has 2 unspecified atom stereocenters. The van der Waals surface area contributed by atoms with Crippen molar-refractivity contribution in [1.82, 2.24) is 0 Å². The first kappa shape index (κ1) is 14.6. The van der Waals surface area contributed by atoms with Gasteiger partial charge in [-0.1, -0.05) is 37.2 Å². The van der Waals surface area contributed by atoms with Gasteiger partial charge in [0, 0.05) is 5.02 Å². The van der Waals surface area contributed by atoms with Gasteiger partial charge < -0.3 is 10.5 Å². The zero-order valence-electron chi connectivity index (χ0n) is 11.2. The normalized spacial score (nSPS) is 23.1. The summed E-state index contributed by atoms with van der Waals surface area (Å²) in [6, 6.07) is 5.45. The Hall–Kier alpha value is -0.800. The quantitative estimate of drug-likeness (QED) is 0.841. The van der Waals surface area contributed by atoms with Crippen LogP contribution < -0.4 is 10.5 Å². The summed E-state index contributed by atoms with van der Waals surface area (Å²) >= 11 is 11.1. The number of halogens is 1. The van der Waals surface area contributed by atoms with Gasteiger partial charge in [0.05, 0.1) is 5.56 Å². The summed E-state index contributed by atoms with van der Waals surface area (Å²) in [5.41, 5.74) is 6.52. The Bertz CT molecular complexity index is 463. The fourth-order valence-electron chi connectivity index (χ4n) is 2.76. The third-order valence-corrected chi connectivity index (χ3v) is 4.31. The number of benzene rings is 1. The molecule has 4 heteroatoms. The summed E-state index contributed by atoms with van der Waals surface area (Å²) < 4.78 is 6.18. The summed E-state index contributed by atoms with van der Waals surface area (Å²) in [5.74, 6) is 1.34. The fourth-order valence-corrected chi connectivity index (χ4v) is 3.09. The number of ether oxygens (including phenoxy) is 1. The smallest absolute Gasteiger partial charge is 0.131 e. The van der Waals surface area contributed by atoms with Crippen LogP contribution in [0.2, 0.25) is 5.02 Å². The van der Waals surface area contributed by atoms with Crippen molar-refractivity contribution in [3.63, 3.8) is 0 Å². The van der Waals surface area contributed by atoms with E-state index < -0.39 is 0 Å². The molecule has 2 nitrogen and oxygen atoms in total. The Morgan fingerprint density at radius 1 is 1.42 bits per heavy atom. The molecule has 2 N–H and O–H groups in total. The van der Waals surface area contributed by atoms with E-state index in [1.165, 1.54) is 19.3 Å². The highest BCUT2D eigenvalue weighted by Gasteiger charge is 2.26. The summed E-state index contributed by atoms with van der Waals surface area (Å²) in [6.45, 7) is 2.22. The van der Waals surface area contributed by atoms with E-state index in [9.17, 15) is 0 Å². The summed E-state index contributed by atoms with van der Waals surface area (Å²) in [4.78, 5) is 0.357. The lowest BCUT2D eigenvalue weighted by molar-refractivity contribution is 0.0902. The van der Waals surface area contributed by atoms with Gasteiger partial charge in [0.1, 0.15) is 16.8 Å². The minimum atomic E-state index is 0.255. The molecule has 1 fully saturated rings. The average molecular weight is 298 g/mol. The molecule has 2 rings (SSSR count). The average Bonchev–Trinajstić information content (AvgIpc) is 2.39. The zero-order chi connectivity index (χ0) is 13.8. The second kappa shape index (κ2) is 6.58. The molecule has 104 valence electrons. The van der Waals surface area contributed by atoms with Gasteiger partial charge in [-0.2, -0.15) is 0 Å². The third-order valence-electron chi connectivity index (χ3n) is 3.85. The summed E-state index contributed by atoms with van der Waals surface area (Å²) in [5, 5.41) is 0.652. The Kier molecular flexibility index (Phi) is 5.06. The van der Waals surface area contributed by atoms with E-state index in [-0.39, 0.29) is 6.10 Å². The summed E-state index contributed by atoms with van der Waals surface area (Å²) in [7, 11) is 0. The largest absolute Gasteiger partial charge is 0.489 e. The van der Waals surface area contributed by atoms with E-state index in [1.54, 1.807) is 6.07 Å². The lowest BCUT2D eigenvalue weighted by atomic mass is 9.84. The van der Waals surface area contributed by atoms with Gasteiger partial charge in [0.15, 0.2) is 0 Å². The molecule has 0 radical (unpaired) electrons. The minimum Gasteiger partial charge on any atom is -0.489 e. The van der Waals surface area contributed by atoms with Crippen LogP contribution in [-0.2, 0) is 0 Å². The van der Waals surface area contributed by atoms with Crippen molar-refractivity contribution in [3.05, 3.63) is 28.8 Å².